The van der Waals surface area contributed by atoms with Crippen molar-refractivity contribution in [1.29, 1.82) is 0 Å². The van der Waals surface area contributed by atoms with Gasteiger partial charge in [0.15, 0.2) is 0 Å². The fourth-order valence-electron chi connectivity index (χ4n) is 2.23. The number of benzene rings is 1. The molecular formula is C13H16N4O3. The van der Waals surface area contributed by atoms with Crippen molar-refractivity contribution in [1.82, 2.24) is 19.9 Å². The molecule has 20 heavy (non-hydrogen) atoms. The largest absolute Gasteiger partial charge is 0.497 e. The highest BCUT2D eigenvalue weighted by molar-refractivity contribution is 5.88. The van der Waals surface area contributed by atoms with Crippen LogP contribution in [0.5, 0.6) is 5.75 Å². The number of ether oxygens (including phenoxy) is 2. The smallest absolute Gasteiger partial charge is 0.349 e. The molecule has 0 radical (unpaired) electrons. The molecule has 0 aliphatic carbocycles. The number of methoxy groups -OCH3 is 1. The molecule has 3 rings (SSSR count). The van der Waals surface area contributed by atoms with Crippen LogP contribution in [0.4, 0.5) is 4.79 Å². The Morgan fingerprint density at radius 2 is 2.25 bits per heavy atom. The Morgan fingerprint density at radius 1 is 1.45 bits per heavy atom. The molecule has 2 heterocycles. The molecule has 106 valence electrons. The second kappa shape index (κ2) is 4.45. The summed E-state index contributed by atoms with van der Waals surface area (Å²) < 4.78 is 11.8. The van der Waals surface area contributed by atoms with Crippen molar-refractivity contribution in [3.8, 4) is 5.75 Å². The molecule has 1 saturated heterocycles. The summed E-state index contributed by atoms with van der Waals surface area (Å²) in [6, 6.07) is 5.06. The molecule has 7 heteroatoms. The summed E-state index contributed by atoms with van der Waals surface area (Å²) >= 11 is 0. The summed E-state index contributed by atoms with van der Waals surface area (Å²) in [5, 5.41) is 7.95. The Morgan fingerprint density at radius 3 is 2.90 bits per heavy atom. The van der Waals surface area contributed by atoms with Crippen molar-refractivity contribution in [2.24, 2.45) is 0 Å². The van der Waals surface area contributed by atoms with Gasteiger partial charge in [0.05, 0.1) is 19.3 Å². The molecule has 0 saturated carbocycles. The maximum Gasteiger partial charge on any atom is 0.349 e. The van der Waals surface area contributed by atoms with E-state index in [0.717, 1.165) is 0 Å². The monoisotopic (exact) mass is 276 g/mol. The average Bonchev–Trinajstić information content (AvgIpc) is 3.00. The van der Waals surface area contributed by atoms with E-state index in [4.69, 9.17) is 9.47 Å². The summed E-state index contributed by atoms with van der Waals surface area (Å²) in [5.41, 5.74) is 0.919. The quantitative estimate of drug-likeness (QED) is 0.789. The van der Waals surface area contributed by atoms with E-state index >= 15 is 0 Å². The van der Waals surface area contributed by atoms with Gasteiger partial charge in [0.25, 0.3) is 0 Å². The first-order chi connectivity index (χ1) is 9.53. The Bertz CT molecular complexity index is 665. The van der Waals surface area contributed by atoms with Crippen LogP contribution in [0.3, 0.4) is 0 Å². The normalized spacial score (nSPS) is 17.6. The first kappa shape index (κ1) is 12.9. The maximum atomic E-state index is 12.6. The van der Waals surface area contributed by atoms with Crippen LogP contribution in [0, 0.1) is 0 Å². The number of carbonyl (C=O) groups excluding carboxylic acids is 1. The highest BCUT2D eigenvalue weighted by atomic mass is 16.5. The molecule has 1 aromatic carbocycles. The van der Waals surface area contributed by atoms with Gasteiger partial charge in [-0.25, -0.2) is 4.79 Å². The third-order valence-corrected chi connectivity index (χ3v) is 3.47. The molecule has 1 aliphatic rings. The van der Waals surface area contributed by atoms with Crippen LogP contribution in [0.25, 0.3) is 11.0 Å². The predicted molar refractivity (Wildman–Crippen MR) is 71.6 cm³/mol. The molecule has 1 amide bonds. The van der Waals surface area contributed by atoms with Gasteiger partial charge < -0.3 is 9.47 Å². The lowest BCUT2D eigenvalue weighted by atomic mass is 10.1. The van der Waals surface area contributed by atoms with Crippen molar-refractivity contribution >= 4 is 17.1 Å². The minimum absolute atomic E-state index is 0.247. The number of carbonyl (C=O) groups is 1. The van der Waals surface area contributed by atoms with Crippen LogP contribution in [0.2, 0.25) is 0 Å². The average molecular weight is 276 g/mol. The molecule has 1 fully saturated rings. The van der Waals surface area contributed by atoms with Gasteiger partial charge in [-0.3, -0.25) is 4.90 Å². The van der Waals surface area contributed by atoms with E-state index in [-0.39, 0.29) is 18.3 Å². The van der Waals surface area contributed by atoms with Gasteiger partial charge in [-0.1, -0.05) is 5.21 Å². The van der Waals surface area contributed by atoms with Crippen LogP contribution in [0.15, 0.2) is 18.2 Å². The number of amides is 1. The minimum Gasteiger partial charge on any atom is -0.497 e. The van der Waals surface area contributed by atoms with Crippen LogP contribution < -0.4 is 4.74 Å². The van der Waals surface area contributed by atoms with Gasteiger partial charge >= 0.3 is 6.03 Å². The highest BCUT2D eigenvalue weighted by Crippen LogP contribution is 2.24. The predicted octanol–water partition coefficient (Wildman–Crippen LogP) is 1.48. The number of aromatic nitrogens is 3. The van der Waals surface area contributed by atoms with Crippen molar-refractivity contribution < 1.29 is 14.3 Å². The lowest BCUT2D eigenvalue weighted by molar-refractivity contribution is 0.138. The van der Waals surface area contributed by atoms with Gasteiger partial charge in [0.1, 0.15) is 23.5 Å². The molecule has 0 atom stereocenters. The second-order valence-electron chi connectivity index (χ2n) is 5.36. The van der Waals surface area contributed by atoms with E-state index in [1.165, 1.54) is 4.68 Å². The van der Waals surface area contributed by atoms with E-state index in [2.05, 4.69) is 10.3 Å². The standard InChI is InChI=1S/C13H16N4O3/c1-13(2)7-20-8-16(13)12(18)17-11-6-9(19-3)4-5-10(11)14-15-17/h4-6H,7-8H2,1-3H3. The molecular weight excluding hydrogens is 260 g/mol. The molecule has 2 aromatic rings. The van der Waals surface area contributed by atoms with Crippen molar-refractivity contribution in [2.45, 2.75) is 19.4 Å². The molecule has 7 nitrogen and oxygen atoms in total. The van der Waals surface area contributed by atoms with E-state index < -0.39 is 0 Å². The second-order valence-corrected chi connectivity index (χ2v) is 5.36. The van der Waals surface area contributed by atoms with Crippen LogP contribution in [0.1, 0.15) is 13.8 Å². The molecule has 0 unspecified atom stereocenters. The van der Waals surface area contributed by atoms with Crippen LogP contribution >= 0.6 is 0 Å². The Balaban J connectivity index is 2.03. The Labute approximate surface area is 116 Å². The number of hydrogen-bond donors (Lipinski definition) is 0. The van der Waals surface area contributed by atoms with E-state index in [0.29, 0.717) is 23.4 Å². The van der Waals surface area contributed by atoms with Crippen molar-refractivity contribution in [2.75, 3.05) is 20.4 Å². The number of rotatable bonds is 1. The number of fused-ring (bicyclic) bond motifs is 1. The third kappa shape index (κ3) is 1.90. The van der Waals surface area contributed by atoms with E-state index in [9.17, 15) is 4.79 Å². The molecule has 0 N–H and O–H groups in total. The maximum absolute atomic E-state index is 12.6. The SMILES string of the molecule is COc1ccc2nnn(C(=O)N3COCC3(C)C)c2c1. The Hall–Kier alpha value is -2.15. The first-order valence-electron chi connectivity index (χ1n) is 6.32. The zero-order chi connectivity index (χ0) is 14.3. The fraction of sp³-hybridized carbons (Fsp3) is 0.462. The lowest BCUT2D eigenvalue weighted by Crippen LogP contribution is -2.46. The summed E-state index contributed by atoms with van der Waals surface area (Å²) in [6.45, 7) is 4.68. The van der Waals surface area contributed by atoms with Gasteiger partial charge in [-0.05, 0) is 26.0 Å². The van der Waals surface area contributed by atoms with Crippen LogP contribution in [-0.4, -0.2) is 51.9 Å². The van der Waals surface area contributed by atoms with Crippen LogP contribution in [-0.2, 0) is 4.74 Å². The summed E-state index contributed by atoms with van der Waals surface area (Å²) in [5.74, 6) is 0.658. The molecule has 1 aromatic heterocycles. The highest BCUT2D eigenvalue weighted by Gasteiger charge is 2.38. The summed E-state index contributed by atoms with van der Waals surface area (Å²) in [6.07, 6.45) is 0. The number of hydrogen-bond acceptors (Lipinski definition) is 5. The van der Waals surface area contributed by atoms with Gasteiger partial charge in [-0.2, -0.15) is 4.68 Å². The van der Waals surface area contributed by atoms with E-state index in [1.807, 2.05) is 13.8 Å². The fourth-order valence-corrected chi connectivity index (χ4v) is 2.23. The first-order valence-corrected chi connectivity index (χ1v) is 6.32. The van der Waals surface area contributed by atoms with Gasteiger partial charge in [-0.15, -0.1) is 5.10 Å². The third-order valence-electron chi connectivity index (χ3n) is 3.47. The lowest BCUT2D eigenvalue weighted by Gasteiger charge is -2.28. The van der Waals surface area contributed by atoms with Crippen molar-refractivity contribution in [3.05, 3.63) is 18.2 Å². The Kier molecular flexibility index (Phi) is 2.86. The van der Waals surface area contributed by atoms with Gasteiger partial charge in [0, 0.05) is 6.07 Å². The summed E-state index contributed by atoms with van der Waals surface area (Å²) in [4.78, 5) is 14.2. The van der Waals surface area contributed by atoms with E-state index in [1.54, 1.807) is 30.2 Å². The van der Waals surface area contributed by atoms with Crippen molar-refractivity contribution in [3.63, 3.8) is 0 Å². The van der Waals surface area contributed by atoms with Gasteiger partial charge in [0.2, 0.25) is 0 Å². The molecule has 1 aliphatic heterocycles. The summed E-state index contributed by atoms with van der Waals surface area (Å²) in [7, 11) is 1.58. The topological polar surface area (TPSA) is 69.5 Å². The zero-order valence-corrected chi connectivity index (χ0v) is 11.7. The number of nitrogens with zero attached hydrogens (tertiary/aromatic N) is 4. The minimum atomic E-state index is -0.353. The molecule has 0 spiro atoms. The zero-order valence-electron chi connectivity index (χ0n) is 11.7. The molecule has 0 bridgehead atoms.